The van der Waals surface area contributed by atoms with Crippen LogP contribution in [0.3, 0.4) is 0 Å². The SMILES string of the molecule is CC1COCC(C)N1CCN. The highest BCUT2D eigenvalue weighted by Crippen LogP contribution is 2.11. The van der Waals surface area contributed by atoms with Gasteiger partial charge in [0.2, 0.25) is 0 Å². The number of morpholine rings is 1. The van der Waals surface area contributed by atoms with E-state index in [0.29, 0.717) is 12.1 Å². The maximum absolute atomic E-state index is 5.50. The summed E-state index contributed by atoms with van der Waals surface area (Å²) in [6.07, 6.45) is 0. The number of nitrogens with zero attached hydrogens (tertiary/aromatic N) is 1. The van der Waals surface area contributed by atoms with Crippen LogP contribution in [0.4, 0.5) is 0 Å². The molecule has 2 atom stereocenters. The molecule has 1 saturated heterocycles. The quantitative estimate of drug-likeness (QED) is 0.617. The van der Waals surface area contributed by atoms with Crippen LogP contribution in [0.2, 0.25) is 0 Å². The molecule has 0 aromatic rings. The number of hydrogen-bond donors (Lipinski definition) is 1. The van der Waals surface area contributed by atoms with Crippen molar-refractivity contribution in [2.45, 2.75) is 25.9 Å². The second-order valence-corrected chi connectivity index (χ2v) is 3.26. The molecule has 2 unspecified atom stereocenters. The topological polar surface area (TPSA) is 38.5 Å². The van der Waals surface area contributed by atoms with E-state index in [1.54, 1.807) is 0 Å². The van der Waals surface area contributed by atoms with Crippen LogP contribution in [0.1, 0.15) is 13.8 Å². The van der Waals surface area contributed by atoms with Crippen molar-refractivity contribution in [2.24, 2.45) is 5.73 Å². The van der Waals surface area contributed by atoms with Gasteiger partial charge in [-0.1, -0.05) is 0 Å². The predicted molar refractivity (Wildman–Crippen MR) is 45.5 cm³/mol. The minimum atomic E-state index is 0.530. The van der Waals surface area contributed by atoms with Crippen LogP contribution in [0, 0.1) is 0 Å². The molecular weight excluding hydrogens is 140 g/mol. The standard InChI is InChI=1S/C8H18N2O/c1-7-5-11-6-8(2)10(7)4-3-9/h7-8H,3-6,9H2,1-2H3. The Morgan fingerprint density at radius 1 is 1.36 bits per heavy atom. The lowest BCUT2D eigenvalue weighted by molar-refractivity contribution is -0.0348. The molecule has 1 rings (SSSR count). The largest absolute Gasteiger partial charge is 0.378 e. The molecule has 0 spiro atoms. The van der Waals surface area contributed by atoms with Crippen molar-refractivity contribution in [3.63, 3.8) is 0 Å². The number of hydrogen-bond acceptors (Lipinski definition) is 3. The van der Waals surface area contributed by atoms with E-state index in [-0.39, 0.29) is 0 Å². The predicted octanol–water partition coefficient (Wildman–Crippen LogP) is 0.0543. The summed E-state index contributed by atoms with van der Waals surface area (Å²) in [7, 11) is 0. The summed E-state index contributed by atoms with van der Waals surface area (Å²) in [4.78, 5) is 2.41. The first-order chi connectivity index (χ1) is 5.25. The molecule has 1 heterocycles. The smallest absolute Gasteiger partial charge is 0.0620 e. The first kappa shape index (κ1) is 8.97. The molecule has 11 heavy (non-hydrogen) atoms. The van der Waals surface area contributed by atoms with Crippen LogP contribution < -0.4 is 5.73 Å². The van der Waals surface area contributed by atoms with Crippen molar-refractivity contribution in [3.8, 4) is 0 Å². The number of rotatable bonds is 2. The fraction of sp³-hybridized carbons (Fsp3) is 1.00. The molecular formula is C8H18N2O. The van der Waals surface area contributed by atoms with Crippen molar-refractivity contribution >= 4 is 0 Å². The molecule has 0 amide bonds. The summed E-state index contributed by atoms with van der Waals surface area (Å²) in [5.74, 6) is 0. The lowest BCUT2D eigenvalue weighted by Crippen LogP contribution is -2.51. The normalized spacial score (nSPS) is 34.1. The van der Waals surface area contributed by atoms with E-state index in [0.717, 1.165) is 26.3 Å². The van der Waals surface area contributed by atoms with Gasteiger partial charge in [-0.2, -0.15) is 0 Å². The van der Waals surface area contributed by atoms with Crippen molar-refractivity contribution in [3.05, 3.63) is 0 Å². The van der Waals surface area contributed by atoms with Gasteiger partial charge < -0.3 is 10.5 Å². The van der Waals surface area contributed by atoms with Gasteiger partial charge in [-0.05, 0) is 13.8 Å². The van der Waals surface area contributed by atoms with E-state index in [9.17, 15) is 0 Å². The molecule has 0 saturated carbocycles. The molecule has 66 valence electrons. The van der Waals surface area contributed by atoms with Gasteiger partial charge in [0.05, 0.1) is 13.2 Å². The van der Waals surface area contributed by atoms with Crippen LogP contribution in [0.25, 0.3) is 0 Å². The minimum Gasteiger partial charge on any atom is -0.378 e. The average Bonchev–Trinajstić information content (AvgIpc) is 1.97. The van der Waals surface area contributed by atoms with Crippen molar-refractivity contribution in [1.82, 2.24) is 4.90 Å². The lowest BCUT2D eigenvalue weighted by atomic mass is 10.2. The van der Waals surface area contributed by atoms with Crippen LogP contribution in [0.5, 0.6) is 0 Å². The molecule has 1 fully saturated rings. The van der Waals surface area contributed by atoms with Gasteiger partial charge in [-0.25, -0.2) is 0 Å². The highest BCUT2D eigenvalue weighted by atomic mass is 16.5. The Morgan fingerprint density at radius 3 is 2.36 bits per heavy atom. The van der Waals surface area contributed by atoms with Crippen LogP contribution in [-0.4, -0.2) is 43.3 Å². The van der Waals surface area contributed by atoms with Gasteiger partial charge in [-0.15, -0.1) is 0 Å². The number of nitrogens with two attached hydrogens (primary N) is 1. The van der Waals surface area contributed by atoms with Crippen LogP contribution in [0.15, 0.2) is 0 Å². The molecule has 3 nitrogen and oxygen atoms in total. The Balaban J connectivity index is 2.41. The van der Waals surface area contributed by atoms with Crippen molar-refractivity contribution in [1.29, 1.82) is 0 Å². The molecule has 2 N–H and O–H groups in total. The van der Waals surface area contributed by atoms with Crippen LogP contribution >= 0.6 is 0 Å². The van der Waals surface area contributed by atoms with E-state index in [1.807, 2.05) is 0 Å². The van der Waals surface area contributed by atoms with E-state index in [2.05, 4.69) is 18.7 Å². The Kier molecular flexibility index (Phi) is 3.30. The van der Waals surface area contributed by atoms with Gasteiger partial charge >= 0.3 is 0 Å². The Hall–Kier alpha value is -0.120. The zero-order valence-electron chi connectivity index (χ0n) is 7.42. The van der Waals surface area contributed by atoms with Crippen molar-refractivity contribution in [2.75, 3.05) is 26.3 Å². The molecule has 0 aliphatic carbocycles. The summed E-state index contributed by atoms with van der Waals surface area (Å²) >= 11 is 0. The van der Waals surface area contributed by atoms with Gasteiger partial charge in [0.1, 0.15) is 0 Å². The van der Waals surface area contributed by atoms with E-state index in [1.165, 1.54) is 0 Å². The third-order valence-corrected chi connectivity index (χ3v) is 2.24. The summed E-state index contributed by atoms with van der Waals surface area (Å²) in [5, 5.41) is 0. The maximum Gasteiger partial charge on any atom is 0.0620 e. The van der Waals surface area contributed by atoms with Gasteiger partial charge in [0.25, 0.3) is 0 Å². The zero-order chi connectivity index (χ0) is 8.27. The first-order valence-corrected chi connectivity index (χ1v) is 4.29. The minimum absolute atomic E-state index is 0.530. The second-order valence-electron chi connectivity index (χ2n) is 3.26. The number of ether oxygens (including phenoxy) is 1. The van der Waals surface area contributed by atoms with Gasteiger partial charge in [0.15, 0.2) is 0 Å². The summed E-state index contributed by atoms with van der Waals surface area (Å²) in [5.41, 5.74) is 5.50. The van der Waals surface area contributed by atoms with E-state index < -0.39 is 0 Å². The Labute approximate surface area is 68.5 Å². The third-order valence-electron chi connectivity index (χ3n) is 2.24. The monoisotopic (exact) mass is 158 g/mol. The maximum atomic E-state index is 5.50. The fourth-order valence-corrected chi connectivity index (χ4v) is 1.62. The zero-order valence-corrected chi connectivity index (χ0v) is 7.42. The second kappa shape index (κ2) is 4.04. The van der Waals surface area contributed by atoms with Gasteiger partial charge in [0, 0.05) is 25.2 Å². The Morgan fingerprint density at radius 2 is 1.91 bits per heavy atom. The van der Waals surface area contributed by atoms with E-state index in [4.69, 9.17) is 10.5 Å². The molecule has 1 aliphatic heterocycles. The lowest BCUT2D eigenvalue weighted by Gasteiger charge is -2.38. The molecule has 0 aromatic heterocycles. The van der Waals surface area contributed by atoms with E-state index >= 15 is 0 Å². The third kappa shape index (κ3) is 2.15. The Bertz CT molecular complexity index is 109. The first-order valence-electron chi connectivity index (χ1n) is 4.29. The highest BCUT2D eigenvalue weighted by Gasteiger charge is 2.23. The summed E-state index contributed by atoms with van der Waals surface area (Å²) in [6.45, 7) is 7.81. The molecule has 0 aromatic carbocycles. The van der Waals surface area contributed by atoms with Gasteiger partial charge in [-0.3, -0.25) is 4.90 Å². The molecule has 1 aliphatic rings. The summed E-state index contributed by atoms with van der Waals surface area (Å²) < 4.78 is 5.39. The molecule has 3 heteroatoms. The van der Waals surface area contributed by atoms with Crippen LogP contribution in [-0.2, 0) is 4.74 Å². The molecule has 0 radical (unpaired) electrons. The summed E-state index contributed by atoms with van der Waals surface area (Å²) in [6, 6.07) is 1.06. The van der Waals surface area contributed by atoms with Crippen molar-refractivity contribution < 1.29 is 4.74 Å². The average molecular weight is 158 g/mol. The highest BCUT2D eigenvalue weighted by molar-refractivity contribution is 4.77. The fourth-order valence-electron chi connectivity index (χ4n) is 1.62. The molecule has 0 bridgehead atoms.